The van der Waals surface area contributed by atoms with Gasteiger partial charge in [0.05, 0.1) is 18.6 Å². The molecule has 2 aliphatic heterocycles. The largest absolute Gasteiger partial charge is 0.394 e. The molecule has 0 aliphatic carbocycles. The lowest BCUT2D eigenvalue weighted by Crippen LogP contribution is -2.59. The number of ether oxygens (including phenoxy) is 3. The van der Waals surface area contributed by atoms with Gasteiger partial charge in [-0.05, 0) is 6.07 Å². The second kappa shape index (κ2) is 8.30. The maximum Gasteiger partial charge on any atom is 0.186 e. The molecule has 8 N–H and O–H groups in total. The van der Waals surface area contributed by atoms with Crippen LogP contribution in [0.5, 0.6) is 0 Å². The number of nitrogens with two attached hydrogens (primary N) is 1. The van der Waals surface area contributed by atoms with Gasteiger partial charge in [0.1, 0.15) is 60.5 Å². The Morgan fingerprint density at radius 1 is 0.967 bits per heavy atom. The predicted octanol–water partition coefficient (Wildman–Crippen LogP) is -3.55. The minimum Gasteiger partial charge on any atom is -0.394 e. The van der Waals surface area contributed by atoms with Gasteiger partial charge in [-0.15, -0.1) is 0 Å². The van der Waals surface area contributed by atoms with Crippen molar-refractivity contribution >= 4 is 16.9 Å². The van der Waals surface area contributed by atoms with Gasteiger partial charge in [0, 0.05) is 6.20 Å². The molecule has 2 fully saturated rings. The Bertz CT molecular complexity index is 880. The summed E-state index contributed by atoms with van der Waals surface area (Å²) in [6.45, 7) is -0.909. The molecule has 13 heteroatoms. The first-order valence-corrected chi connectivity index (χ1v) is 9.34. The Morgan fingerprint density at radius 3 is 2.43 bits per heavy atom. The summed E-state index contributed by atoms with van der Waals surface area (Å²) in [5.41, 5.74) is 6.22. The van der Waals surface area contributed by atoms with Crippen molar-refractivity contribution in [1.29, 1.82) is 0 Å². The van der Waals surface area contributed by atoms with Gasteiger partial charge in [0.25, 0.3) is 0 Å². The molecule has 2 aliphatic rings. The third-order valence-corrected chi connectivity index (χ3v) is 5.42. The summed E-state index contributed by atoms with van der Waals surface area (Å²) in [5, 5.41) is 60.3. The number of hydrogen-bond donors (Lipinski definition) is 7. The highest BCUT2D eigenvalue weighted by molar-refractivity contribution is 5.86. The highest BCUT2D eigenvalue weighted by atomic mass is 16.7. The monoisotopic (exact) mass is 428 g/mol. The standard InChI is InChI=1S/C17H24N4O9/c18-14-6-1-2-21(15(6)20-5-19-14)16-12(26)10(24)8(29-16)4-28-17-13(27)11(25)9(23)7(3-22)30-17/h1-2,5,7-13,16-17,22-27H,3-4H2,(H2,18,19,20)/t7-,8+,9-,10-,11-,12-,13+,16-,17+/m0/s1. The molecule has 0 bridgehead atoms. The quantitative estimate of drug-likeness (QED) is 0.247. The Balaban J connectivity index is 1.45. The van der Waals surface area contributed by atoms with E-state index in [0.29, 0.717) is 11.0 Å². The van der Waals surface area contributed by atoms with Gasteiger partial charge in [0.15, 0.2) is 12.5 Å². The van der Waals surface area contributed by atoms with Crippen molar-refractivity contribution < 1.29 is 44.8 Å². The summed E-state index contributed by atoms with van der Waals surface area (Å²) in [5.74, 6) is 0.259. The second-order valence-corrected chi connectivity index (χ2v) is 7.30. The van der Waals surface area contributed by atoms with E-state index in [4.69, 9.17) is 19.9 Å². The average molecular weight is 428 g/mol. The van der Waals surface area contributed by atoms with Crippen LogP contribution in [0.1, 0.15) is 6.23 Å². The van der Waals surface area contributed by atoms with Gasteiger partial charge >= 0.3 is 0 Å². The molecule has 0 radical (unpaired) electrons. The van der Waals surface area contributed by atoms with Crippen molar-refractivity contribution in [3.63, 3.8) is 0 Å². The third kappa shape index (κ3) is 3.53. The van der Waals surface area contributed by atoms with Crippen LogP contribution in [0.15, 0.2) is 18.6 Å². The summed E-state index contributed by atoms with van der Waals surface area (Å²) in [4.78, 5) is 8.03. The molecular weight excluding hydrogens is 404 g/mol. The van der Waals surface area contributed by atoms with Crippen LogP contribution in [0.25, 0.3) is 11.0 Å². The summed E-state index contributed by atoms with van der Waals surface area (Å²) in [6, 6.07) is 1.66. The van der Waals surface area contributed by atoms with Crippen molar-refractivity contribution in [2.45, 2.75) is 55.2 Å². The van der Waals surface area contributed by atoms with E-state index in [0.717, 1.165) is 0 Å². The lowest BCUT2D eigenvalue weighted by atomic mass is 9.99. The maximum absolute atomic E-state index is 10.5. The SMILES string of the molecule is Nc1ncnc2c1ccn2[C@H]1O[C@H](CO[C@@H]2O[C@@H](CO)[C@H](O)[C@H](O)[C@H]2O)[C@H](O)[C@@H]1O. The molecule has 0 aromatic carbocycles. The zero-order valence-corrected chi connectivity index (χ0v) is 15.7. The molecule has 4 rings (SSSR count). The summed E-state index contributed by atoms with van der Waals surface area (Å²) < 4.78 is 17.9. The van der Waals surface area contributed by atoms with Crippen LogP contribution >= 0.6 is 0 Å². The molecule has 2 aromatic rings. The Morgan fingerprint density at radius 2 is 1.70 bits per heavy atom. The molecule has 4 heterocycles. The highest BCUT2D eigenvalue weighted by Gasteiger charge is 2.47. The Labute approximate surface area is 169 Å². The molecule has 0 spiro atoms. The minimum absolute atomic E-state index is 0.259. The molecule has 13 nitrogen and oxygen atoms in total. The van der Waals surface area contributed by atoms with Crippen molar-refractivity contribution in [2.75, 3.05) is 18.9 Å². The second-order valence-electron chi connectivity index (χ2n) is 7.30. The highest BCUT2D eigenvalue weighted by Crippen LogP contribution is 2.33. The number of aliphatic hydroxyl groups is 6. The van der Waals surface area contributed by atoms with Gasteiger partial charge in [0.2, 0.25) is 0 Å². The van der Waals surface area contributed by atoms with E-state index >= 15 is 0 Å². The number of nitrogen functional groups attached to an aromatic ring is 1. The summed E-state index contributed by atoms with van der Waals surface area (Å²) in [7, 11) is 0. The number of rotatable bonds is 5. The lowest BCUT2D eigenvalue weighted by Gasteiger charge is -2.39. The van der Waals surface area contributed by atoms with Gasteiger partial charge in [-0.3, -0.25) is 0 Å². The van der Waals surface area contributed by atoms with Crippen LogP contribution in [-0.4, -0.2) is 107 Å². The molecular formula is C17H24N4O9. The zero-order valence-electron chi connectivity index (χ0n) is 15.7. The molecule has 2 saturated heterocycles. The fraction of sp³-hybridized carbons (Fsp3) is 0.647. The maximum atomic E-state index is 10.5. The van der Waals surface area contributed by atoms with E-state index < -0.39 is 61.9 Å². The van der Waals surface area contributed by atoms with Crippen LogP contribution in [0.4, 0.5) is 5.82 Å². The fourth-order valence-corrected chi connectivity index (χ4v) is 3.69. The first-order chi connectivity index (χ1) is 14.3. The van der Waals surface area contributed by atoms with Crippen LogP contribution in [-0.2, 0) is 14.2 Å². The summed E-state index contributed by atoms with van der Waals surface area (Å²) >= 11 is 0. The van der Waals surface area contributed by atoms with Crippen molar-refractivity contribution in [3.8, 4) is 0 Å². The molecule has 2 aromatic heterocycles. The summed E-state index contributed by atoms with van der Waals surface area (Å²) in [6.07, 6.45) is -8.99. The van der Waals surface area contributed by atoms with Crippen molar-refractivity contribution in [2.24, 2.45) is 0 Å². The first-order valence-electron chi connectivity index (χ1n) is 9.34. The molecule has 0 saturated carbocycles. The van der Waals surface area contributed by atoms with Gasteiger partial charge in [-0.25, -0.2) is 9.97 Å². The third-order valence-electron chi connectivity index (χ3n) is 5.42. The van der Waals surface area contributed by atoms with Gasteiger partial charge < -0.3 is 55.2 Å². The average Bonchev–Trinajstić information content (AvgIpc) is 3.28. The Kier molecular flexibility index (Phi) is 5.89. The fourth-order valence-electron chi connectivity index (χ4n) is 3.69. The van der Waals surface area contributed by atoms with E-state index in [1.54, 1.807) is 12.3 Å². The normalized spacial score (nSPS) is 39.6. The van der Waals surface area contributed by atoms with E-state index in [1.807, 2.05) is 0 Å². The lowest BCUT2D eigenvalue weighted by molar-refractivity contribution is -0.306. The number of anilines is 1. The Hall–Kier alpha value is -1.94. The first kappa shape index (κ1) is 21.3. The van der Waals surface area contributed by atoms with E-state index in [-0.39, 0.29) is 12.4 Å². The number of aromatic nitrogens is 3. The van der Waals surface area contributed by atoms with Crippen LogP contribution < -0.4 is 5.73 Å². The van der Waals surface area contributed by atoms with Crippen LogP contribution in [0.2, 0.25) is 0 Å². The van der Waals surface area contributed by atoms with E-state index in [1.165, 1.54) is 10.9 Å². The topological polar surface area (TPSA) is 206 Å². The van der Waals surface area contributed by atoms with E-state index in [2.05, 4.69) is 9.97 Å². The van der Waals surface area contributed by atoms with Crippen molar-refractivity contribution in [3.05, 3.63) is 18.6 Å². The van der Waals surface area contributed by atoms with Crippen molar-refractivity contribution in [1.82, 2.24) is 14.5 Å². The zero-order chi connectivity index (χ0) is 21.6. The van der Waals surface area contributed by atoms with Crippen LogP contribution in [0.3, 0.4) is 0 Å². The number of fused-ring (bicyclic) bond motifs is 1. The molecule has 0 unspecified atom stereocenters. The van der Waals surface area contributed by atoms with Gasteiger partial charge in [-0.1, -0.05) is 0 Å². The minimum atomic E-state index is -1.59. The van der Waals surface area contributed by atoms with Crippen LogP contribution in [0, 0.1) is 0 Å². The number of aliphatic hydroxyl groups excluding tert-OH is 6. The number of hydrogen-bond acceptors (Lipinski definition) is 12. The predicted molar refractivity (Wildman–Crippen MR) is 97.6 cm³/mol. The molecule has 166 valence electrons. The number of nitrogens with zero attached hydrogens (tertiary/aromatic N) is 3. The smallest absolute Gasteiger partial charge is 0.186 e. The molecule has 0 amide bonds. The van der Waals surface area contributed by atoms with E-state index in [9.17, 15) is 30.6 Å². The van der Waals surface area contributed by atoms with Gasteiger partial charge in [-0.2, -0.15) is 0 Å². The molecule has 9 atom stereocenters. The molecule has 30 heavy (non-hydrogen) atoms.